The van der Waals surface area contributed by atoms with Crippen molar-refractivity contribution in [1.82, 2.24) is 19.8 Å². The molecule has 6 nitrogen and oxygen atoms in total. The Morgan fingerprint density at radius 3 is 2.70 bits per heavy atom. The highest BCUT2D eigenvalue weighted by molar-refractivity contribution is 6.30. The highest BCUT2D eigenvalue weighted by Gasteiger charge is 2.28. The molecule has 2 atom stereocenters. The van der Waals surface area contributed by atoms with Crippen molar-refractivity contribution in [2.45, 2.75) is 38.3 Å². The van der Waals surface area contributed by atoms with Crippen LogP contribution in [0.1, 0.15) is 37.8 Å². The number of imidazole rings is 1. The summed E-state index contributed by atoms with van der Waals surface area (Å²) in [6.07, 6.45) is 4.97. The van der Waals surface area contributed by atoms with E-state index in [-0.39, 0.29) is 23.8 Å². The number of carbonyl (C=O) groups excluding carboxylic acids is 1. The lowest BCUT2D eigenvalue weighted by Crippen LogP contribution is -2.55. The molecule has 0 bridgehead atoms. The molecule has 2 fully saturated rings. The lowest BCUT2D eigenvalue weighted by molar-refractivity contribution is -0.134. The van der Waals surface area contributed by atoms with Gasteiger partial charge < -0.3 is 19.7 Å². The van der Waals surface area contributed by atoms with E-state index in [0.717, 1.165) is 68.7 Å². The molecule has 8 heteroatoms. The van der Waals surface area contributed by atoms with Crippen LogP contribution in [0.2, 0.25) is 5.02 Å². The minimum atomic E-state index is -0.318. The van der Waals surface area contributed by atoms with Crippen molar-refractivity contribution >= 4 is 34.2 Å². The average molecular weight is 470 g/mol. The standard InChI is InChI=1S/C25H29ClFN5O/c1-17(20-7-5-18(26)14-21(20)27)32-16-29-22-8-6-19(15-24(22)32)30-10-12-31(13-11-30)25(33)23-4-2-3-9-28-23/h5-8,14-17,23,28H,2-4,9-13H2,1H3. The number of benzene rings is 2. The third-order valence-electron chi connectivity index (χ3n) is 6.95. The molecule has 2 aromatic carbocycles. The molecule has 2 unspecified atom stereocenters. The normalized spacial score (nSPS) is 20.3. The number of nitrogens with zero attached hydrogens (tertiary/aromatic N) is 4. The van der Waals surface area contributed by atoms with Crippen LogP contribution in [0, 0.1) is 5.82 Å². The van der Waals surface area contributed by atoms with Crippen LogP contribution in [0.3, 0.4) is 0 Å². The van der Waals surface area contributed by atoms with E-state index in [9.17, 15) is 9.18 Å². The van der Waals surface area contributed by atoms with E-state index in [4.69, 9.17) is 11.6 Å². The van der Waals surface area contributed by atoms with Gasteiger partial charge in [0, 0.05) is 42.5 Å². The summed E-state index contributed by atoms with van der Waals surface area (Å²) < 4.78 is 16.5. The van der Waals surface area contributed by atoms with Crippen LogP contribution in [0.5, 0.6) is 0 Å². The van der Waals surface area contributed by atoms with E-state index in [1.54, 1.807) is 18.5 Å². The lowest BCUT2D eigenvalue weighted by Gasteiger charge is -2.38. The first-order chi connectivity index (χ1) is 16.0. The molecular weight excluding hydrogens is 441 g/mol. The van der Waals surface area contributed by atoms with Gasteiger partial charge in [-0.2, -0.15) is 0 Å². The third-order valence-corrected chi connectivity index (χ3v) is 7.19. The Hall–Kier alpha value is -2.64. The minimum absolute atomic E-state index is 0.0225. The summed E-state index contributed by atoms with van der Waals surface area (Å²) in [7, 11) is 0. The third kappa shape index (κ3) is 4.44. The van der Waals surface area contributed by atoms with Crippen molar-refractivity contribution in [3.8, 4) is 0 Å². The van der Waals surface area contributed by atoms with Gasteiger partial charge >= 0.3 is 0 Å². The fraction of sp³-hybridized carbons (Fsp3) is 0.440. The van der Waals surface area contributed by atoms with E-state index in [2.05, 4.69) is 27.3 Å². The Kier molecular flexibility index (Phi) is 6.25. The number of halogens is 2. The van der Waals surface area contributed by atoms with E-state index >= 15 is 0 Å². The largest absolute Gasteiger partial charge is 0.368 e. The van der Waals surface area contributed by atoms with Crippen LogP contribution in [0.15, 0.2) is 42.7 Å². The van der Waals surface area contributed by atoms with Gasteiger partial charge in [0.05, 0.1) is 29.4 Å². The number of carbonyl (C=O) groups is 1. The van der Waals surface area contributed by atoms with E-state index in [1.165, 1.54) is 6.07 Å². The second-order valence-electron chi connectivity index (χ2n) is 8.98. The summed E-state index contributed by atoms with van der Waals surface area (Å²) in [5.41, 5.74) is 3.50. The summed E-state index contributed by atoms with van der Waals surface area (Å²) in [6.45, 7) is 5.92. The topological polar surface area (TPSA) is 53.4 Å². The first kappa shape index (κ1) is 22.2. The SMILES string of the molecule is CC(c1ccc(Cl)cc1F)n1cnc2ccc(N3CCN(C(=O)C4CCCCN4)CC3)cc21. The quantitative estimate of drug-likeness (QED) is 0.621. The Bertz CT molecular complexity index is 1150. The van der Waals surface area contributed by atoms with Gasteiger partial charge in [0.2, 0.25) is 5.91 Å². The molecule has 0 radical (unpaired) electrons. The Balaban J connectivity index is 1.32. The van der Waals surface area contributed by atoms with Gasteiger partial charge in [0.1, 0.15) is 5.82 Å². The van der Waals surface area contributed by atoms with Crippen molar-refractivity contribution in [3.05, 3.63) is 59.1 Å². The summed E-state index contributed by atoms with van der Waals surface area (Å²) in [4.78, 5) is 21.7. The molecule has 3 aromatic rings. The predicted octanol–water partition coefficient (Wildman–Crippen LogP) is 4.23. The average Bonchev–Trinajstić information content (AvgIpc) is 3.27. The van der Waals surface area contributed by atoms with Gasteiger partial charge in [0.25, 0.3) is 0 Å². The summed E-state index contributed by atoms with van der Waals surface area (Å²) in [5, 5.41) is 3.75. The van der Waals surface area contributed by atoms with Crippen molar-refractivity contribution in [3.63, 3.8) is 0 Å². The van der Waals surface area contributed by atoms with Crippen molar-refractivity contribution < 1.29 is 9.18 Å². The first-order valence-corrected chi connectivity index (χ1v) is 12.1. The number of rotatable bonds is 4. The molecular formula is C25H29ClFN5O. The number of nitrogens with one attached hydrogen (secondary N) is 1. The second kappa shape index (κ2) is 9.31. The van der Waals surface area contributed by atoms with Crippen LogP contribution in [0.4, 0.5) is 10.1 Å². The van der Waals surface area contributed by atoms with Crippen LogP contribution in [0.25, 0.3) is 11.0 Å². The summed E-state index contributed by atoms with van der Waals surface area (Å²) >= 11 is 5.93. The van der Waals surface area contributed by atoms with Crippen molar-refractivity contribution in [2.24, 2.45) is 0 Å². The number of amides is 1. The molecule has 0 saturated carbocycles. The summed E-state index contributed by atoms with van der Waals surface area (Å²) in [6, 6.07) is 10.8. The monoisotopic (exact) mass is 469 g/mol. The highest BCUT2D eigenvalue weighted by atomic mass is 35.5. The first-order valence-electron chi connectivity index (χ1n) is 11.7. The number of aromatic nitrogens is 2. The van der Waals surface area contributed by atoms with E-state index in [0.29, 0.717) is 10.6 Å². The van der Waals surface area contributed by atoms with Crippen LogP contribution in [-0.2, 0) is 4.79 Å². The second-order valence-corrected chi connectivity index (χ2v) is 9.42. The smallest absolute Gasteiger partial charge is 0.239 e. The minimum Gasteiger partial charge on any atom is -0.368 e. The Labute approximate surface area is 198 Å². The van der Waals surface area contributed by atoms with Gasteiger partial charge in [0.15, 0.2) is 0 Å². The molecule has 5 rings (SSSR count). The number of piperidine rings is 1. The van der Waals surface area contributed by atoms with Gasteiger partial charge in [-0.05, 0) is 56.6 Å². The molecule has 2 saturated heterocycles. The van der Waals surface area contributed by atoms with E-state index < -0.39 is 0 Å². The van der Waals surface area contributed by atoms with Crippen LogP contribution in [-0.4, -0.2) is 59.1 Å². The van der Waals surface area contributed by atoms with Crippen molar-refractivity contribution in [2.75, 3.05) is 37.6 Å². The van der Waals surface area contributed by atoms with Crippen molar-refractivity contribution in [1.29, 1.82) is 0 Å². The van der Waals surface area contributed by atoms with Gasteiger partial charge in [-0.1, -0.05) is 24.1 Å². The molecule has 2 aliphatic rings. The zero-order valence-electron chi connectivity index (χ0n) is 18.8. The maximum Gasteiger partial charge on any atom is 0.239 e. The molecule has 0 aliphatic carbocycles. The molecule has 33 heavy (non-hydrogen) atoms. The number of anilines is 1. The lowest BCUT2D eigenvalue weighted by atomic mass is 10.0. The summed E-state index contributed by atoms with van der Waals surface area (Å²) in [5.74, 6) is -0.0806. The zero-order valence-corrected chi connectivity index (χ0v) is 19.6. The molecule has 1 N–H and O–H groups in total. The Morgan fingerprint density at radius 1 is 1.15 bits per heavy atom. The molecule has 1 aromatic heterocycles. The fourth-order valence-corrected chi connectivity index (χ4v) is 5.14. The van der Waals surface area contributed by atoms with Crippen LogP contribution >= 0.6 is 11.6 Å². The maximum absolute atomic E-state index is 14.5. The van der Waals surface area contributed by atoms with Gasteiger partial charge in [-0.3, -0.25) is 4.79 Å². The molecule has 1 amide bonds. The van der Waals surface area contributed by atoms with Gasteiger partial charge in [-0.15, -0.1) is 0 Å². The molecule has 0 spiro atoms. The van der Waals surface area contributed by atoms with Gasteiger partial charge in [-0.25, -0.2) is 9.37 Å². The fourth-order valence-electron chi connectivity index (χ4n) is 4.98. The molecule has 3 heterocycles. The number of hydrogen-bond acceptors (Lipinski definition) is 4. The Morgan fingerprint density at radius 2 is 1.97 bits per heavy atom. The predicted molar refractivity (Wildman–Crippen MR) is 129 cm³/mol. The highest BCUT2D eigenvalue weighted by Crippen LogP contribution is 2.29. The number of fused-ring (bicyclic) bond motifs is 1. The number of piperazine rings is 1. The van der Waals surface area contributed by atoms with E-state index in [1.807, 2.05) is 22.5 Å². The number of hydrogen-bond donors (Lipinski definition) is 1. The zero-order chi connectivity index (χ0) is 22.9. The molecule has 174 valence electrons. The molecule has 2 aliphatic heterocycles. The maximum atomic E-state index is 14.5. The van der Waals surface area contributed by atoms with Crippen LogP contribution < -0.4 is 10.2 Å².